The fraction of sp³-hybridized carbons (Fsp3) is 0.286. The summed E-state index contributed by atoms with van der Waals surface area (Å²) in [5.41, 5.74) is 2.25. The van der Waals surface area contributed by atoms with Gasteiger partial charge in [0, 0.05) is 24.2 Å². The van der Waals surface area contributed by atoms with Crippen LogP contribution in [0.15, 0.2) is 54.6 Å². The first-order valence-electron chi connectivity index (χ1n) is 9.07. The third kappa shape index (κ3) is 4.73. The lowest BCUT2D eigenvalue weighted by Gasteiger charge is -2.16. The topological polar surface area (TPSA) is 78.5 Å². The molecule has 0 saturated carbocycles. The average molecular weight is 365 g/mol. The van der Waals surface area contributed by atoms with Crippen molar-refractivity contribution in [3.05, 3.63) is 65.7 Å². The van der Waals surface area contributed by atoms with Gasteiger partial charge in [0.25, 0.3) is 5.91 Å². The summed E-state index contributed by atoms with van der Waals surface area (Å²) in [5.74, 6) is -0.466. The number of anilines is 1. The molecule has 0 aliphatic carbocycles. The highest BCUT2D eigenvalue weighted by Crippen LogP contribution is 2.21. The molecule has 2 aromatic carbocycles. The minimum Gasteiger partial charge on any atom is -0.348 e. The van der Waals surface area contributed by atoms with Crippen LogP contribution in [0.3, 0.4) is 0 Å². The number of hydrogen-bond acceptors (Lipinski definition) is 3. The van der Waals surface area contributed by atoms with E-state index in [1.807, 2.05) is 37.3 Å². The Morgan fingerprint density at radius 2 is 1.78 bits per heavy atom. The van der Waals surface area contributed by atoms with E-state index in [2.05, 4.69) is 10.6 Å². The van der Waals surface area contributed by atoms with Gasteiger partial charge in [0.15, 0.2) is 0 Å². The predicted octanol–water partition coefficient (Wildman–Crippen LogP) is 2.42. The molecule has 1 saturated heterocycles. The Balaban J connectivity index is 1.50. The molecule has 27 heavy (non-hydrogen) atoms. The molecule has 1 heterocycles. The van der Waals surface area contributed by atoms with Gasteiger partial charge in [-0.15, -0.1) is 0 Å². The van der Waals surface area contributed by atoms with E-state index in [0.717, 1.165) is 17.7 Å². The lowest BCUT2D eigenvalue weighted by Crippen LogP contribution is -2.38. The smallest absolute Gasteiger partial charge is 0.251 e. The molecule has 6 nitrogen and oxygen atoms in total. The van der Waals surface area contributed by atoms with Crippen LogP contribution in [0.4, 0.5) is 5.69 Å². The molecule has 0 spiro atoms. The van der Waals surface area contributed by atoms with Crippen molar-refractivity contribution < 1.29 is 14.4 Å². The van der Waals surface area contributed by atoms with Gasteiger partial charge in [-0.05, 0) is 43.2 Å². The number of carbonyl (C=O) groups excluding carboxylic acids is 3. The van der Waals surface area contributed by atoms with Crippen LogP contribution in [-0.2, 0) is 9.59 Å². The molecule has 1 atom stereocenters. The van der Waals surface area contributed by atoms with Gasteiger partial charge < -0.3 is 15.5 Å². The summed E-state index contributed by atoms with van der Waals surface area (Å²) in [6.07, 6.45) is 1.43. The zero-order chi connectivity index (χ0) is 19.2. The molecule has 0 bridgehead atoms. The van der Waals surface area contributed by atoms with E-state index >= 15 is 0 Å². The van der Waals surface area contributed by atoms with Gasteiger partial charge in [-0.1, -0.05) is 30.3 Å². The summed E-state index contributed by atoms with van der Waals surface area (Å²) >= 11 is 0. The van der Waals surface area contributed by atoms with Gasteiger partial charge in [-0.2, -0.15) is 0 Å². The Labute approximate surface area is 158 Å². The second kappa shape index (κ2) is 8.49. The van der Waals surface area contributed by atoms with Crippen molar-refractivity contribution in [2.24, 2.45) is 0 Å². The molecule has 3 amide bonds. The molecule has 2 N–H and O–H groups in total. The van der Waals surface area contributed by atoms with E-state index < -0.39 is 0 Å². The highest BCUT2D eigenvalue weighted by atomic mass is 16.2. The molecule has 3 rings (SSSR count). The minimum absolute atomic E-state index is 0.0949. The fourth-order valence-corrected chi connectivity index (χ4v) is 3.09. The Morgan fingerprint density at radius 3 is 2.41 bits per heavy atom. The third-order valence-electron chi connectivity index (χ3n) is 4.60. The van der Waals surface area contributed by atoms with Gasteiger partial charge in [0.1, 0.15) is 0 Å². The van der Waals surface area contributed by atoms with Gasteiger partial charge in [-0.3, -0.25) is 14.4 Å². The molecule has 2 aromatic rings. The normalized spacial score (nSPS) is 14.7. The van der Waals surface area contributed by atoms with E-state index in [0.29, 0.717) is 18.5 Å². The number of benzene rings is 2. The number of nitrogens with zero attached hydrogens (tertiary/aromatic N) is 1. The molecule has 6 heteroatoms. The third-order valence-corrected chi connectivity index (χ3v) is 4.60. The largest absolute Gasteiger partial charge is 0.348 e. The summed E-state index contributed by atoms with van der Waals surface area (Å²) in [6.45, 7) is 2.51. The van der Waals surface area contributed by atoms with Crippen LogP contribution < -0.4 is 15.5 Å². The van der Waals surface area contributed by atoms with Crippen LogP contribution in [0.25, 0.3) is 0 Å². The van der Waals surface area contributed by atoms with Crippen molar-refractivity contribution in [2.75, 3.05) is 18.0 Å². The lowest BCUT2D eigenvalue weighted by molar-refractivity contribution is -0.120. The van der Waals surface area contributed by atoms with Crippen LogP contribution in [0.2, 0.25) is 0 Å². The maximum absolute atomic E-state index is 12.2. The number of carbonyl (C=O) groups is 3. The molecule has 0 radical (unpaired) electrons. The number of hydrogen-bond donors (Lipinski definition) is 2. The maximum atomic E-state index is 12.2. The van der Waals surface area contributed by atoms with E-state index in [1.54, 1.807) is 29.2 Å². The molecule has 1 aliphatic heterocycles. The van der Waals surface area contributed by atoms with E-state index in [4.69, 9.17) is 0 Å². The van der Waals surface area contributed by atoms with Crippen molar-refractivity contribution in [2.45, 2.75) is 25.8 Å². The average Bonchev–Trinajstić information content (AvgIpc) is 3.13. The molecule has 1 aliphatic rings. The number of nitrogens with one attached hydrogen (secondary N) is 2. The summed E-state index contributed by atoms with van der Waals surface area (Å²) in [4.78, 5) is 37.8. The van der Waals surface area contributed by atoms with Gasteiger partial charge in [-0.25, -0.2) is 0 Å². The quantitative estimate of drug-likeness (QED) is 0.825. The molecular weight excluding hydrogens is 342 g/mol. The summed E-state index contributed by atoms with van der Waals surface area (Å²) < 4.78 is 0. The van der Waals surface area contributed by atoms with Crippen LogP contribution in [0.5, 0.6) is 0 Å². The van der Waals surface area contributed by atoms with Crippen LogP contribution in [0.1, 0.15) is 41.7 Å². The van der Waals surface area contributed by atoms with Crippen molar-refractivity contribution in [3.63, 3.8) is 0 Å². The number of rotatable bonds is 6. The first kappa shape index (κ1) is 18.6. The van der Waals surface area contributed by atoms with Gasteiger partial charge in [0.05, 0.1) is 12.6 Å². The molecule has 1 fully saturated rings. The highest BCUT2D eigenvalue weighted by Gasteiger charge is 2.21. The van der Waals surface area contributed by atoms with Crippen molar-refractivity contribution in [1.29, 1.82) is 0 Å². The maximum Gasteiger partial charge on any atom is 0.251 e. The zero-order valence-electron chi connectivity index (χ0n) is 15.3. The van der Waals surface area contributed by atoms with Crippen LogP contribution in [0, 0.1) is 0 Å². The monoisotopic (exact) mass is 365 g/mol. The van der Waals surface area contributed by atoms with Crippen LogP contribution >= 0.6 is 0 Å². The first-order chi connectivity index (χ1) is 13.0. The Morgan fingerprint density at radius 1 is 1.07 bits per heavy atom. The Bertz CT molecular complexity index is 818. The summed E-state index contributed by atoms with van der Waals surface area (Å²) in [5, 5.41) is 5.48. The first-order valence-corrected chi connectivity index (χ1v) is 9.07. The molecule has 0 aromatic heterocycles. The zero-order valence-corrected chi connectivity index (χ0v) is 15.3. The Kier molecular flexibility index (Phi) is 5.86. The van der Waals surface area contributed by atoms with Crippen molar-refractivity contribution in [1.82, 2.24) is 10.6 Å². The second-order valence-corrected chi connectivity index (χ2v) is 6.58. The van der Waals surface area contributed by atoms with Crippen LogP contribution in [-0.4, -0.2) is 30.8 Å². The Hall–Kier alpha value is -3.15. The second-order valence-electron chi connectivity index (χ2n) is 6.58. The molecule has 140 valence electrons. The fourth-order valence-electron chi connectivity index (χ4n) is 3.09. The van der Waals surface area contributed by atoms with E-state index in [1.165, 1.54) is 0 Å². The van der Waals surface area contributed by atoms with Crippen molar-refractivity contribution in [3.8, 4) is 0 Å². The molecular formula is C21H23N3O3. The highest BCUT2D eigenvalue weighted by molar-refractivity contribution is 5.98. The van der Waals surface area contributed by atoms with Crippen molar-refractivity contribution >= 4 is 23.4 Å². The van der Waals surface area contributed by atoms with Gasteiger partial charge in [0.2, 0.25) is 11.8 Å². The van der Waals surface area contributed by atoms with E-state index in [9.17, 15) is 14.4 Å². The summed E-state index contributed by atoms with van der Waals surface area (Å²) in [7, 11) is 0. The number of amides is 3. The lowest BCUT2D eigenvalue weighted by atomic mass is 10.1. The van der Waals surface area contributed by atoms with E-state index in [-0.39, 0.29) is 30.3 Å². The molecule has 0 unspecified atom stereocenters. The van der Waals surface area contributed by atoms with Gasteiger partial charge >= 0.3 is 0 Å². The summed E-state index contributed by atoms with van der Waals surface area (Å²) in [6, 6.07) is 16.4. The standard InChI is InChI=1S/C21H23N3O3/c1-15(16-6-3-2-4-7-16)23-19(25)14-22-21(27)17-9-11-18(12-10-17)24-13-5-8-20(24)26/h2-4,6-7,9-12,15H,5,8,13-14H2,1H3,(H,22,27)(H,23,25)/t15-/m1/s1. The SMILES string of the molecule is C[C@@H](NC(=O)CNC(=O)c1ccc(N2CCCC2=O)cc1)c1ccccc1. The predicted molar refractivity (Wildman–Crippen MR) is 103 cm³/mol. The minimum atomic E-state index is -0.322.